The van der Waals surface area contributed by atoms with Crippen molar-refractivity contribution in [2.75, 3.05) is 5.32 Å². The Labute approximate surface area is 94.8 Å². The summed E-state index contributed by atoms with van der Waals surface area (Å²) in [7, 11) is 0. The Bertz CT molecular complexity index is 392. The van der Waals surface area contributed by atoms with Gasteiger partial charge in [-0.15, -0.1) is 0 Å². The molecule has 0 aliphatic carbocycles. The van der Waals surface area contributed by atoms with Gasteiger partial charge in [0.05, 0.1) is 11.6 Å². The van der Waals surface area contributed by atoms with E-state index in [0.717, 1.165) is 6.42 Å². The van der Waals surface area contributed by atoms with E-state index in [0.29, 0.717) is 11.3 Å². The first-order chi connectivity index (χ1) is 7.65. The Kier molecular flexibility index (Phi) is 4.34. The first-order valence-corrected chi connectivity index (χ1v) is 5.13. The van der Waals surface area contributed by atoms with Gasteiger partial charge in [-0.3, -0.25) is 5.32 Å². The van der Waals surface area contributed by atoms with Gasteiger partial charge in [-0.05, 0) is 37.6 Å². The minimum Gasteiger partial charge on any atom is -0.446 e. The van der Waals surface area contributed by atoms with Gasteiger partial charge in [-0.1, -0.05) is 6.92 Å². The number of nitriles is 1. The third-order valence-electron chi connectivity index (χ3n) is 2.14. The lowest BCUT2D eigenvalue weighted by Crippen LogP contribution is -2.19. The SMILES string of the molecule is CCC(C)OC(=O)Nc1ccc(C#N)cc1. The van der Waals surface area contributed by atoms with Crippen LogP contribution in [-0.2, 0) is 4.74 Å². The van der Waals surface area contributed by atoms with Crippen LogP contribution in [0.4, 0.5) is 10.5 Å². The minimum absolute atomic E-state index is 0.0987. The lowest BCUT2D eigenvalue weighted by Gasteiger charge is -2.11. The molecule has 0 aromatic heterocycles. The maximum Gasteiger partial charge on any atom is 0.411 e. The van der Waals surface area contributed by atoms with Crippen LogP contribution in [0, 0.1) is 11.3 Å². The number of rotatable bonds is 3. The van der Waals surface area contributed by atoms with Gasteiger partial charge in [0.15, 0.2) is 0 Å². The van der Waals surface area contributed by atoms with Crippen molar-refractivity contribution >= 4 is 11.8 Å². The molecule has 0 spiro atoms. The third-order valence-corrected chi connectivity index (χ3v) is 2.14. The summed E-state index contributed by atoms with van der Waals surface area (Å²) >= 11 is 0. The van der Waals surface area contributed by atoms with Gasteiger partial charge in [0, 0.05) is 5.69 Å². The summed E-state index contributed by atoms with van der Waals surface area (Å²) in [5, 5.41) is 11.2. The van der Waals surface area contributed by atoms with Crippen LogP contribution in [-0.4, -0.2) is 12.2 Å². The predicted octanol–water partition coefficient (Wildman–Crippen LogP) is 2.91. The molecule has 16 heavy (non-hydrogen) atoms. The normalized spacial score (nSPS) is 11.3. The van der Waals surface area contributed by atoms with E-state index in [-0.39, 0.29) is 6.10 Å². The van der Waals surface area contributed by atoms with Gasteiger partial charge in [0.25, 0.3) is 0 Å². The first-order valence-electron chi connectivity index (χ1n) is 5.13. The van der Waals surface area contributed by atoms with Crippen LogP contribution in [0.2, 0.25) is 0 Å². The molecule has 1 unspecified atom stereocenters. The Morgan fingerprint density at radius 3 is 2.62 bits per heavy atom. The number of hydrogen-bond acceptors (Lipinski definition) is 3. The van der Waals surface area contributed by atoms with Crippen molar-refractivity contribution in [3.8, 4) is 6.07 Å². The summed E-state index contributed by atoms with van der Waals surface area (Å²) in [5.74, 6) is 0. The van der Waals surface area contributed by atoms with Crippen LogP contribution < -0.4 is 5.32 Å². The lowest BCUT2D eigenvalue weighted by atomic mass is 10.2. The number of carbonyl (C=O) groups excluding carboxylic acids is 1. The summed E-state index contributed by atoms with van der Waals surface area (Å²) in [5.41, 5.74) is 1.17. The fraction of sp³-hybridized carbons (Fsp3) is 0.333. The van der Waals surface area contributed by atoms with Gasteiger partial charge >= 0.3 is 6.09 Å². The highest BCUT2D eigenvalue weighted by Gasteiger charge is 2.07. The van der Waals surface area contributed by atoms with Crippen molar-refractivity contribution in [1.29, 1.82) is 5.26 Å². The topological polar surface area (TPSA) is 62.1 Å². The molecule has 1 aromatic carbocycles. The van der Waals surface area contributed by atoms with E-state index in [9.17, 15) is 4.79 Å². The van der Waals surface area contributed by atoms with E-state index in [1.807, 2.05) is 19.9 Å². The van der Waals surface area contributed by atoms with E-state index >= 15 is 0 Å². The van der Waals surface area contributed by atoms with Crippen molar-refractivity contribution in [2.24, 2.45) is 0 Å². The maximum absolute atomic E-state index is 11.3. The molecule has 0 saturated carbocycles. The van der Waals surface area contributed by atoms with E-state index in [4.69, 9.17) is 10.00 Å². The molecule has 0 heterocycles. The van der Waals surface area contributed by atoms with E-state index in [1.165, 1.54) is 0 Å². The number of carbonyl (C=O) groups is 1. The molecule has 84 valence electrons. The zero-order valence-electron chi connectivity index (χ0n) is 9.36. The van der Waals surface area contributed by atoms with Crippen LogP contribution in [0.5, 0.6) is 0 Å². The standard InChI is InChI=1S/C12H14N2O2/c1-3-9(2)16-12(15)14-11-6-4-10(8-13)5-7-11/h4-7,9H,3H2,1-2H3,(H,14,15). The molecule has 0 saturated heterocycles. The average Bonchev–Trinajstić information content (AvgIpc) is 2.29. The number of ether oxygens (including phenoxy) is 1. The molecule has 0 bridgehead atoms. The highest BCUT2D eigenvalue weighted by atomic mass is 16.6. The lowest BCUT2D eigenvalue weighted by molar-refractivity contribution is 0.118. The molecular weight excluding hydrogens is 204 g/mol. The number of anilines is 1. The quantitative estimate of drug-likeness (QED) is 0.848. The van der Waals surface area contributed by atoms with E-state index < -0.39 is 6.09 Å². The van der Waals surface area contributed by atoms with E-state index in [2.05, 4.69) is 5.32 Å². The summed E-state index contributed by atoms with van der Waals surface area (Å²) in [6, 6.07) is 8.61. The van der Waals surface area contributed by atoms with Gasteiger partial charge in [-0.25, -0.2) is 4.79 Å². The number of amides is 1. The van der Waals surface area contributed by atoms with Gasteiger partial charge in [0.1, 0.15) is 6.10 Å². The smallest absolute Gasteiger partial charge is 0.411 e. The largest absolute Gasteiger partial charge is 0.446 e. The number of hydrogen-bond donors (Lipinski definition) is 1. The molecule has 0 fully saturated rings. The number of benzene rings is 1. The molecule has 4 heteroatoms. The van der Waals surface area contributed by atoms with Crippen molar-refractivity contribution in [2.45, 2.75) is 26.4 Å². The predicted molar refractivity (Wildman–Crippen MR) is 61.0 cm³/mol. The van der Waals surface area contributed by atoms with Crippen molar-refractivity contribution in [1.82, 2.24) is 0 Å². The third kappa shape index (κ3) is 3.62. The zero-order valence-corrected chi connectivity index (χ0v) is 9.36. The Balaban J connectivity index is 2.53. The van der Waals surface area contributed by atoms with Crippen molar-refractivity contribution in [3.63, 3.8) is 0 Å². The molecule has 1 atom stereocenters. The van der Waals surface area contributed by atoms with Crippen LogP contribution in [0.15, 0.2) is 24.3 Å². The van der Waals surface area contributed by atoms with Gasteiger partial charge < -0.3 is 4.74 Å². The van der Waals surface area contributed by atoms with Crippen molar-refractivity contribution < 1.29 is 9.53 Å². The molecule has 0 radical (unpaired) electrons. The molecule has 1 N–H and O–H groups in total. The fourth-order valence-corrected chi connectivity index (χ4v) is 1.04. The zero-order chi connectivity index (χ0) is 12.0. The Morgan fingerprint density at radius 2 is 2.12 bits per heavy atom. The molecule has 0 aliphatic heterocycles. The van der Waals surface area contributed by atoms with Crippen LogP contribution >= 0.6 is 0 Å². The van der Waals surface area contributed by atoms with Crippen LogP contribution in [0.3, 0.4) is 0 Å². The van der Waals surface area contributed by atoms with Crippen LogP contribution in [0.25, 0.3) is 0 Å². The monoisotopic (exact) mass is 218 g/mol. The first kappa shape index (κ1) is 12.1. The molecule has 0 aliphatic rings. The molecule has 4 nitrogen and oxygen atoms in total. The van der Waals surface area contributed by atoms with Crippen molar-refractivity contribution in [3.05, 3.63) is 29.8 Å². The highest BCUT2D eigenvalue weighted by molar-refractivity contribution is 5.84. The summed E-state index contributed by atoms with van der Waals surface area (Å²) in [6.45, 7) is 3.78. The summed E-state index contributed by atoms with van der Waals surface area (Å²) in [6.07, 6.45) is 0.207. The molecule has 1 aromatic rings. The molecule has 1 rings (SSSR count). The Hall–Kier alpha value is -2.02. The van der Waals surface area contributed by atoms with Crippen LogP contribution in [0.1, 0.15) is 25.8 Å². The van der Waals surface area contributed by atoms with Gasteiger partial charge in [-0.2, -0.15) is 5.26 Å². The second-order valence-electron chi connectivity index (χ2n) is 3.44. The Morgan fingerprint density at radius 1 is 1.50 bits per heavy atom. The average molecular weight is 218 g/mol. The van der Waals surface area contributed by atoms with E-state index in [1.54, 1.807) is 24.3 Å². The second kappa shape index (κ2) is 5.76. The summed E-state index contributed by atoms with van der Waals surface area (Å²) < 4.78 is 5.04. The maximum atomic E-state index is 11.3. The molecular formula is C12H14N2O2. The second-order valence-corrected chi connectivity index (χ2v) is 3.44. The van der Waals surface area contributed by atoms with Gasteiger partial charge in [0.2, 0.25) is 0 Å². The highest BCUT2D eigenvalue weighted by Crippen LogP contribution is 2.09. The fourth-order valence-electron chi connectivity index (χ4n) is 1.04. The minimum atomic E-state index is -0.473. The number of nitrogens with zero attached hydrogens (tertiary/aromatic N) is 1. The number of nitrogens with one attached hydrogen (secondary N) is 1. The summed E-state index contributed by atoms with van der Waals surface area (Å²) in [4.78, 5) is 11.3. The molecule has 1 amide bonds.